The van der Waals surface area contributed by atoms with Crippen LogP contribution in [0.15, 0.2) is 84.4 Å². The molecule has 0 unspecified atom stereocenters. The Bertz CT molecular complexity index is 1080. The Morgan fingerprint density at radius 2 is 1.46 bits per heavy atom. The quantitative estimate of drug-likeness (QED) is 0.674. The van der Waals surface area contributed by atoms with Gasteiger partial charge in [0.25, 0.3) is 5.72 Å². The van der Waals surface area contributed by atoms with Gasteiger partial charge in [0, 0.05) is 16.7 Å². The van der Waals surface area contributed by atoms with E-state index in [9.17, 15) is 0 Å². The van der Waals surface area contributed by atoms with Crippen molar-refractivity contribution in [3.05, 3.63) is 107 Å². The van der Waals surface area contributed by atoms with Gasteiger partial charge >= 0.3 is 0 Å². The lowest BCUT2D eigenvalue weighted by Gasteiger charge is -2.36. The lowest BCUT2D eigenvalue weighted by molar-refractivity contribution is -0.739. The molecule has 2 N–H and O–H groups in total. The number of nitrogens with two attached hydrogens (primary N) is 1. The van der Waals surface area contributed by atoms with Crippen LogP contribution in [0.1, 0.15) is 29.2 Å². The highest BCUT2D eigenvalue weighted by atomic mass is 16.5. The van der Waals surface area contributed by atoms with Gasteiger partial charge in [0.2, 0.25) is 0 Å². The number of quaternary nitrogens is 1. The van der Waals surface area contributed by atoms with Crippen molar-refractivity contribution < 1.29 is 10.1 Å². The number of fused-ring (bicyclic) bond motifs is 1. The molecule has 3 aromatic carbocycles. The van der Waals surface area contributed by atoms with Crippen molar-refractivity contribution in [2.75, 3.05) is 7.05 Å². The molecule has 1 aliphatic heterocycles. The number of hydrogen-bond donors (Lipinski definition) is 1. The van der Waals surface area contributed by atoms with Gasteiger partial charge in [0.15, 0.2) is 0 Å². The van der Waals surface area contributed by atoms with Crippen LogP contribution in [0.2, 0.25) is 0 Å². The molecule has 0 fully saturated rings. The molecule has 0 saturated heterocycles. The fraction of sp³-hybridized carbons (Fsp3) is 0.154. The topological polar surface area (TPSA) is 25.8 Å². The van der Waals surface area contributed by atoms with Crippen molar-refractivity contribution in [1.82, 2.24) is 0 Å². The number of ether oxygens (including phenoxy) is 1. The van der Waals surface area contributed by atoms with Gasteiger partial charge in [-0.2, -0.15) is 0 Å². The first-order chi connectivity index (χ1) is 13.6. The van der Waals surface area contributed by atoms with Gasteiger partial charge in [0.05, 0.1) is 18.2 Å². The number of rotatable bonds is 2. The van der Waals surface area contributed by atoms with E-state index in [2.05, 4.69) is 92.7 Å². The molecule has 3 aromatic rings. The van der Waals surface area contributed by atoms with E-state index >= 15 is 0 Å². The summed E-state index contributed by atoms with van der Waals surface area (Å²) in [5, 5.41) is 2.13. The zero-order valence-electron chi connectivity index (χ0n) is 16.5. The van der Waals surface area contributed by atoms with Crippen molar-refractivity contribution in [3.63, 3.8) is 0 Å². The number of hydrogen-bond acceptors (Lipinski definition) is 1. The Labute approximate surface area is 166 Å². The maximum absolute atomic E-state index is 6.58. The van der Waals surface area contributed by atoms with Gasteiger partial charge < -0.3 is 10.1 Å². The van der Waals surface area contributed by atoms with Gasteiger partial charge in [-0.25, -0.2) is 0 Å². The van der Waals surface area contributed by atoms with Gasteiger partial charge in [-0.3, -0.25) is 0 Å². The van der Waals surface area contributed by atoms with Gasteiger partial charge in [-0.15, -0.1) is 0 Å². The maximum Gasteiger partial charge on any atom is 0.290 e. The highest BCUT2D eigenvalue weighted by molar-refractivity contribution is 5.87. The minimum absolute atomic E-state index is 0.618. The number of benzene rings is 3. The molecule has 138 valence electrons. The summed E-state index contributed by atoms with van der Waals surface area (Å²) in [6.07, 6.45) is 0. The van der Waals surface area contributed by atoms with E-state index in [4.69, 9.17) is 4.74 Å². The lowest BCUT2D eigenvalue weighted by Crippen LogP contribution is -2.94. The smallest absolute Gasteiger partial charge is 0.290 e. The lowest BCUT2D eigenvalue weighted by atomic mass is 9.86. The monoisotopic (exact) mass is 366 g/mol. The zero-order valence-corrected chi connectivity index (χ0v) is 16.5. The molecule has 1 atom stereocenters. The van der Waals surface area contributed by atoms with Crippen LogP contribution in [-0.4, -0.2) is 7.05 Å². The largest absolute Gasteiger partial charge is 0.432 e. The average molecular weight is 366 g/mol. The van der Waals surface area contributed by atoms with Gasteiger partial charge in [-0.05, 0) is 50.2 Å². The molecule has 0 radical (unpaired) electrons. The second-order valence-electron chi connectivity index (χ2n) is 7.10. The number of allylic oxidation sites excluding steroid dienone is 1. The van der Waals surface area contributed by atoms with Crippen molar-refractivity contribution >= 4 is 5.57 Å². The van der Waals surface area contributed by atoms with Gasteiger partial charge in [-0.1, -0.05) is 59.9 Å². The standard InChI is InChI=1S/C26H23NO/c1-19-13-15-21(16-14-19)17-18-23-20(2)26(27-3,22-9-5-4-6-10-22)28-25-12-8-7-11-24(23)25/h4-16,27H,1-3H3/p+1/t26-/m0/s1. The van der Waals surface area contributed by atoms with Crippen molar-refractivity contribution in [2.24, 2.45) is 0 Å². The first-order valence-electron chi connectivity index (χ1n) is 9.58. The summed E-state index contributed by atoms with van der Waals surface area (Å²) in [5.41, 5.74) is 5.94. The summed E-state index contributed by atoms with van der Waals surface area (Å²) < 4.78 is 6.58. The minimum Gasteiger partial charge on any atom is -0.432 e. The van der Waals surface area contributed by atoms with E-state index in [-0.39, 0.29) is 0 Å². The number of aryl methyl sites for hydroxylation is 1. The van der Waals surface area contributed by atoms with Crippen LogP contribution >= 0.6 is 0 Å². The molecule has 1 aliphatic rings. The summed E-state index contributed by atoms with van der Waals surface area (Å²) in [7, 11) is 2.05. The minimum atomic E-state index is -0.618. The van der Waals surface area contributed by atoms with E-state index in [0.717, 1.165) is 33.6 Å². The summed E-state index contributed by atoms with van der Waals surface area (Å²) in [6, 6.07) is 26.8. The van der Waals surface area contributed by atoms with Crippen LogP contribution in [0, 0.1) is 18.8 Å². The highest BCUT2D eigenvalue weighted by Gasteiger charge is 2.44. The van der Waals surface area contributed by atoms with E-state index in [0.29, 0.717) is 0 Å². The second-order valence-corrected chi connectivity index (χ2v) is 7.10. The van der Waals surface area contributed by atoms with Crippen LogP contribution in [0.5, 0.6) is 5.75 Å². The molecule has 1 heterocycles. The Hall–Kier alpha value is -3.28. The summed E-state index contributed by atoms with van der Waals surface area (Å²) in [6.45, 7) is 4.21. The van der Waals surface area contributed by atoms with Crippen LogP contribution in [0.25, 0.3) is 5.57 Å². The molecule has 2 nitrogen and oxygen atoms in total. The van der Waals surface area contributed by atoms with Crippen LogP contribution < -0.4 is 10.1 Å². The Morgan fingerprint density at radius 1 is 0.786 bits per heavy atom. The third-order valence-electron chi connectivity index (χ3n) is 5.35. The normalized spacial score (nSPS) is 18.0. The molecule has 0 spiro atoms. The third-order valence-corrected chi connectivity index (χ3v) is 5.35. The molecule has 4 rings (SSSR count). The van der Waals surface area contributed by atoms with Crippen LogP contribution in [0.4, 0.5) is 0 Å². The molecule has 0 bridgehead atoms. The third kappa shape index (κ3) is 3.11. The average Bonchev–Trinajstić information content (AvgIpc) is 2.74. The van der Waals surface area contributed by atoms with E-state index in [1.807, 2.05) is 24.3 Å². The number of likely N-dealkylation sites (N-methyl/N-ethyl adjacent to an activating group) is 1. The highest BCUT2D eigenvalue weighted by Crippen LogP contribution is 2.42. The fourth-order valence-electron chi connectivity index (χ4n) is 3.74. The molecule has 2 heteroatoms. The predicted octanol–water partition coefficient (Wildman–Crippen LogP) is 4.26. The molecular formula is C26H24NO+. The first kappa shape index (κ1) is 18.1. The summed E-state index contributed by atoms with van der Waals surface area (Å²) in [4.78, 5) is 0. The van der Waals surface area contributed by atoms with Crippen LogP contribution in [0.3, 0.4) is 0 Å². The molecule has 0 aromatic heterocycles. The van der Waals surface area contributed by atoms with Crippen molar-refractivity contribution in [1.29, 1.82) is 0 Å². The maximum atomic E-state index is 6.58. The van der Waals surface area contributed by atoms with E-state index in [1.165, 1.54) is 5.56 Å². The van der Waals surface area contributed by atoms with E-state index < -0.39 is 5.72 Å². The predicted molar refractivity (Wildman–Crippen MR) is 114 cm³/mol. The molecule has 28 heavy (non-hydrogen) atoms. The SMILES string of the molecule is C[NH2+][C@]1(c2ccccc2)Oc2ccccc2C(C#Cc2ccc(C)cc2)=C1C. The van der Waals surface area contributed by atoms with Crippen LogP contribution in [-0.2, 0) is 5.72 Å². The Kier molecular flexibility index (Phi) is 4.77. The molecule has 0 saturated carbocycles. The molecular weight excluding hydrogens is 342 g/mol. The summed E-state index contributed by atoms with van der Waals surface area (Å²) >= 11 is 0. The first-order valence-corrected chi connectivity index (χ1v) is 9.58. The summed E-state index contributed by atoms with van der Waals surface area (Å²) in [5.74, 6) is 7.66. The van der Waals surface area contributed by atoms with Crippen molar-refractivity contribution in [2.45, 2.75) is 19.6 Å². The molecule has 0 aliphatic carbocycles. The van der Waals surface area contributed by atoms with Gasteiger partial charge in [0.1, 0.15) is 5.75 Å². The Morgan fingerprint density at radius 3 is 2.18 bits per heavy atom. The van der Waals surface area contributed by atoms with Crippen molar-refractivity contribution in [3.8, 4) is 17.6 Å². The fourth-order valence-corrected chi connectivity index (χ4v) is 3.74. The second kappa shape index (κ2) is 7.38. The zero-order chi connectivity index (χ0) is 19.6. The Balaban J connectivity index is 1.91. The van der Waals surface area contributed by atoms with E-state index in [1.54, 1.807) is 0 Å². The molecule has 0 amide bonds. The number of para-hydroxylation sites is 1.